The van der Waals surface area contributed by atoms with Crippen LogP contribution in [0.25, 0.3) is 10.9 Å². The molecule has 0 radical (unpaired) electrons. The van der Waals surface area contributed by atoms with E-state index in [1.54, 1.807) is 60.1 Å². The second-order valence-corrected chi connectivity index (χ2v) is 6.96. The number of aromatic nitrogens is 1. The summed E-state index contributed by atoms with van der Waals surface area (Å²) in [6.45, 7) is -0.781. The van der Waals surface area contributed by atoms with Crippen LogP contribution in [0.2, 0.25) is 5.02 Å². The van der Waals surface area contributed by atoms with Crippen LogP contribution in [0.4, 0.5) is 5.69 Å². The summed E-state index contributed by atoms with van der Waals surface area (Å²) in [5.41, 5.74) is 6.66. The Labute approximate surface area is 182 Å². The van der Waals surface area contributed by atoms with Gasteiger partial charge in [-0.15, -0.1) is 0 Å². The monoisotopic (exact) mass is 439 g/mol. The molecule has 0 saturated carbocycles. The first-order valence-electron chi connectivity index (χ1n) is 9.09. The Balaban J connectivity index is 1.42. The normalized spacial score (nSPS) is 10.4. The molecule has 2 aromatic carbocycles. The Hall–Kier alpha value is -3.87. The Morgan fingerprint density at radius 2 is 1.74 bits per heavy atom. The molecule has 0 fully saturated rings. The van der Waals surface area contributed by atoms with Crippen molar-refractivity contribution in [2.45, 2.75) is 0 Å². The number of carbonyl (C=O) groups is 3. The maximum absolute atomic E-state index is 12.4. The lowest BCUT2D eigenvalue weighted by atomic mass is 10.2. The molecule has 3 rings (SSSR count). The van der Waals surface area contributed by atoms with E-state index >= 15 is 0 Å². The van der Waals surface area contributed by atoms with Gasteiger partial charge in [0.15, 0.2) is 0 Å². The van der Waals surface area contributed by atoms with Crippen LogP contribution < -0.4 is 16.2 Å². The Bertz CT molecular complexity index is 1180. The van der Waals surface area contributed by atoms with Crippen LogP contribution in [0.15, 0.2) is 48.5 Å². The standard InChI is InChI=1S/C21H18ClN5O4/c1-27-17-7-4-15(22)8-14(17)9-18(27)21(30)26-25-20(29)12-31-11-19(28)24-16-5-2-13(10-23)3-6-16/h2-9H,11-12H2,1H3,(H,24,28)(H,25,29)(H,26,30). The molecular weight excluding hydrogens is 422 g/mol. The lowest BCUT2D eigenvalue weighted by Gasteiger charge is -2.09. The maximum Gasteiger partial charge on any atom is 0.286 e. The molecule has 10 heteroatoms. The molecule has 0 atom stereocenters. The second kappa shape index (κ2) is 9.75. The number of carbonyl (C=O) groups excluding carboxylic acids is 3. The molecule has 3 N–H and O–H groups in total. The Morgan fingerprint density at radius 3 is 2.45 bits per heavy atom. The highest BCUT2D eigenvalue weighted by atomic mass is 35.5. The van der Waals surface area contributed by atoms with E-state index in [0.717, 1.165) is 10.9 Å². The van der Waals surface area contributed by atoms with Gasteiger partial charge in [0.1, 0.15) is 18.9 Å². The number of amides is 3. The van der Waals surface area contributed by atoms with Gasteiger partial charge >= 0.3 is 0 Å². The van der Waals surface area contributed by atoms with Gasteiger partial charge in [-0.25, -0.2) is 0 Å². The number of anilines is 1. The fourth-order valence-corrected chi connectivity index (χ4v) is 3.01. The van der Waals surface area contributed by atoms with Crippen LogP contribution in [0.5, 0.6) is 0 Å². The quantitative estimate of drug-likeness (QED) is 0.507. The topological polar surface area (TPSA) is 125 Å². The minimum atomic E-state index is -0.624. The number of nitrogens with zero attached hydrogens (tertiary/aromatic N) is 2. The van der Waals surface area contributed by atoms with E-state index in [9.17, 15) is 14.4 Å². The summed E-state index contributed by atoms with van der Waals surface area (Å²) in [6, 6.07) is 15.2. The molecule has 0 bridgehead atoms. The molecular formula is C21H18ClN5O4. The van der Waals surface area contributed by atoms with Crippen molar-refractivity contribution in [1.82, 2.24) is 15.4 Å². The van der Waals surface area contributed by atoms with Gasteiger partial charge in [-0.1, -0.05) is 11.6 Å². The van der Waals surface area contributed by atoms with E-state index in [1.165, 1.54) is 0 Å². The molecule has 9 nitrogen and oxygen atoms in total. The van der Waals surface area contributed by atoms with Crippen LogP contribution in [0.3, 0.4) is 0 Å². The molecule has 158 valence electrons. The van der Waals surface area contributed by atoms with Crippen molar-refractivity contribution in [2.75, 3.05) is 18.5 Å². The summed E-state index contributed by atoms with van der Waals surface area (Å²) in [4.78, 5) is 36.0. The van der Waals surface area contributed by atoms with Gasteiger partial charge in [-0.05, 0) is 48.5 Å². The summed E-state index contributed by atoms with van der Waals surface area (Å²) in [6.07, 6.45) is 0. The number of aryl methyl sites for hydroxylation is 1. The van der Waals surface area contributed by atoms with Crippen LogP contribution in [0, 0.1) is 11.3 Å². The van der Waals surface area contributed by atoms with E-state index in [1.807, 2.05) is 6.07 Å². The molecule has 3 aromatic rings. The molecule has 0 aliphatic carbocycles. The maximum atomic E-state index is 12.4. The first-order valence-corrected chi connectivity index (χ1v) is 9.47. The number of rotatable bonds is 6. The highest BCUT2D eigenvalue weighted by Gasteiger charge is 2.14. The first kappa shape index (κ1) is 21.8. The van der Waals surface area contributed by atoms with E-state index in [2.05, 4.69) is 16.2 Å². The van der Waals surface area contributed by atoms with Crippen LogP contribution >= 0.6 is 11.6 Å². The summed E-state index contributed by atoms with van der Waals surface area (Å²) >= 11 is 5.97. The van der Waals surface area contributed by atoms with Crippen molar-refractivity contribution in [2.24, 2.45) is 7.05 Å². The minimum absolute atomic E-state index is 0.334. The van der Waals surface area contributed by atoms with E-state index in [4.69, 9.17) is 21.6 Å². The largest absolute Gasteiger partial charge is 0.362 e. The molecule has 0 saturated heterocycles. The third-order valence-corrected chi connectivity index (χ3v) is 4.55. The van der Waals surface area contributed by atoms with Gasteiger partial charge in [0.05, 0.1) is 11.6 Å². The van der Waals surface area contributed by atoms with Crippen LogP contribution in [-0.4, -0.2) is 35.5 Å². The van der Waals surface area contributed by atoms with Gasteiger partial charge in [0.2, 0.25) is 5.91 Å². The van der Waals surface area contributed by atoms with Gasteiger partial charge in [0, 0.05) is 28.7 Å². The van der Waals surface area contributed by atoms with Crippen molar-refractivity contribution in [3.63, 3.8) is 0 Å². The third-order valence-electron chi connectivity index (χ3n) is 4.32. The lowest BCUT2D eigenvalue weighted by Crippen LogP contribution is -2.44. The Morgan fingerprint density at radius 1 is 1.03 bits per heavy atom. The second-order valence-electron chi connectivity index (χ2n) is 6.52. The smallest absolute Gasteiger partial charge is 0.286 e. The van der Waals surface area contributed by atoms with Crippen LogP contribution in [0.1, 0.15) is 16.1 Å². The van der Waals surface area contributed by atoms with Crippen molar-refractivity contribution in [3.05, 3.63) is 64.8 Å². The van der Waals surface area contributed by atoms with Gasteiger partial charge in [-0.2, -0.15) is 5.26 Å². The lowest BCUT2D eigenvalue weighted by molar-refractivity contribution is -0.129. The van der Waals surface area contributed by atoms with Gasteiger partial charge in [0.25, 0.3) is 11.8 Å². The van der Waals surface area contributed by atoms with Crippen molar-refractivity contribution < 1.29 is 19.1 Å². The zero-order chi connectivity index (χ0) is 22.4. The summed E-state index contributed by atoms with van der Waals surface area (Å²) in [5, 5.41) is 12.7. The Kier molecular flexibility index (Phi) is 6.87. The SMILES string of the molecule is Cn1c(C(=O)NNC(=O)COCC(=O)Nc2ccc(C#N)cc2)cc2cc(Cl)ccc21. The highest BCUT2D eigenvalue weighted by molar-refractivity contribution is 6.31. The molecule has 0 unspecified atom stereocenters. The molecule has 3 amide bonds. The predicted octanol–water partition coefficient (Wildman–Crippen LogP) is 2.12. The molecule has 0 aliphatic heterocycles. The number of ether oxygens (including phenoxy) is 1. The molecule has 1 heterocycles. The van der Waals surface area contributed by atoms with E-state index < -0.39 is 24.3 Å². The van der Waals surface area contributed by atoms with Gasteiger partial charge in [-0.3, -0.25) is 25.2 Å². The van der Waals surface area contributed by atoms with E-state index in [0.29, 0.717) is 22.0 Å². The highest BCUT2D eigenvalue weighted by Crippen LogP contribution is 2.22. The molecule has 1 aromatic heterocycles. The van der Waals surface area contributed by atoms with Crippen molar-refractivity contribution in [3.8, 4) is 6.07 Å². The average molecular weight is 440 g/mol. The number of nitrogens with one attached hydrogen (secondary N) is 3. The number of hydrazine groups is 1. The average Bonchev–Trinajstić information content (AvgIpc) is 3.08. The number of benzene rings is 2. The number of fused-ring (bicyclic) bond motifs is 1. The number of hydrogen-bond acceptors (Lipinski definition) is 5. The molecule has 0 aliphatic rings. The minimum Gasteiger partial charge on any atom is -0.362 e. The number of nitriles is 1. The summed E-state index contributed by atoms with van der Waals surface area (Å²) in [7, 11) is 1.72. The van der Waals surface area contributed by atoms with Gasteiger partial charge < -0.3 is 14.6 Å². The van der Waals surface area contributed by atoms with Crippen molar-refractivity contribution in [1.29, 1.82) is 5.26 Å². The molecule has 31 heavy (non-hydrogen) atoms. The number of hydrogen-bond donors (Lipinski definition) is 3. The zero-order valence-electron chi connectivity index (χ0n) is 16.4. The summed E-state index contributed by atoms with van der Waals surface area (Å²) in [5.74, 6) is -1.60. The predicted molar refractivity (Wildman–Crippen MR) is 114 cm³/mol. The summed E-state index contributed by atoms with van der Waals surface area (Å²) < 4.78 is 6.73. The molecule has 0 spiro atoms. The first-order chi connectivity index (χ1) is 14.9. The van der Waals surface area contributed by atoms with E-state index in [-0.39, 0.29) is 6.61 Å². The zero-order valence-corrected chi connectivity index (χ0v) is 17.2. The van der Waals surface area contributed by atoms with Crippen LogP contribution in [-0.2, 0) is 21.4 Å². The number of halogens is 1. The third kappa shape index (κ3) is 5.60. The van der Waals surface area contributed by atoms with Crippen molar-refractivity contribution >= 4 is 45.9 Å². The fraction of sp³-hybridized carbons (Fsp3) is 0.143. The fourth-order valence-electron chi connectivity index (χ4n) is 2.83.